The number of nitrogens with one attached hydrogen (secondary N) is 1. The molecular weight excluding hydrogens is 208 g/mol. The Hall–Kier alpha value is -1.02. The van der Waals surface area contributed by atoms with E-state index in [0.717, 1.165) is 25.2 Å². The Morgan fingerprint density at radius 2 is 1.94 bits per heavy atom. The summed E-state index contributed by atoms with van der Waals surface area (Å²) < 4.78 is 0. The van der Waals surface area contributed by atoms with Gasteiger partial charge < -0.3 is 10.2 Å². The molecular formula is C15H22N2. The molecule has 2 nitrogen and oxygen atoms in total. The summed E-state index contributed by atoms with van der Waals surface area (Å²) in [5.74, 6) is 0. The van der Waals surface area contributed by atoms with Gasteiger partial charge in [0.05, 0.1) is 0 Å². The highest BCUT2D eigenvalue weighted by atomic mass is 15.2. The number of anilines is 1. The Morgan fingerprint density at radius 3 is 2.59 bits per heavy atom. The minimum absolute atomic E-state index is 0.791. The van der Waals surface area contributed by atoms with Crippen LogP contribution in [0, 0.1) is 0 Å². The predicted molar refractivity (Wildman–Crippen MR) is 72.3 cm³/mol. The Balaban J connectivity index is 1.75. The zero-order chi connectivity index (χ0) is 11.7. The van der Waals surface area contributed by atoms with Crippen LogP contribution in [0.1, 0.15) is 38.2 Å². The fraction of sp³-hybridized carbons (Fsp3) is 0.600. The van der Waals surface area contributed by atoms with Crippen LogP contribution in [0.25, 0.3) is 0 Å². The third-order valence-electron chi connectivity index (χ3n) is 3.79. The van der Waals surface area contributed by atoms with Crippen molar-refractivity contribution in [1.82, 2.24) is 5.32 Å². The van der Waals surface area contributed by atoms with Gasteiger partial charge in [-0.05, 0) is 44.2 Å². The molecule has 0 aromatic heterocycles. The van der Waals surface area contributed by atoms with Crippen LogP contribution < -0.4 is 10.2 Å². The van der Waals surface area contributed by atoms with E-state index in [1.807, 2.05) is 0 Å². The van der Waals surface area contributed by atoms with Gasteiger partial charge in [0.1, 0.15) is 0 Å². The van der Waals surface area contributed by atoms with E-state index in [0.29, 0.717) is 0 Å². The van der Waals surface area contributed by atoms with E-state index in [4.69, 9.17) is 0 Å². The highest BCUT2D eigenvalue weighted by Gasteiger charge is 2.29. The quantitative estimate of drug-likeness (QED) is 0.808. The molecule has 2 aliphatic carbocycles. The zero-order valence-electron chi connectivity index (χ0n) is 10.7. The van der Waals surface area contributed by atoms with Gasteiger partial charge in [0, 0.05) is 30.9 Å². The number of hydrogen-bond acceptors (Lipinski definition) is 2. The maximum Gasteiger partial charge on any atom is 0.0414 e. The molecule has 0 saturated heterocycles. The van der Waals surface area contributed by atoms with Crippen LogP contribution in [0.4, 0.5) is 5.69 Å². The van der Waals surface area contributed by atoms with Crippen molar-refractivity contribution < 1.29 is 0 Å². The Morgan fingerprint density at radius 1 is 1.18 bits per heavy atom. The Bertz CT molecular complexity index is 380. The normalized spacial score (nSPS) is 19.4. The third-order valence-corrected chi connectivity index (χ3v) is 3.79. The van der Waals surface area contributed by atoms with Gasteiger partial charge in [0.2, 0.25) is 0 Å². The van der Waals surface area contributed by atoms with Crippen LogP contribution in [0.5, 0.6) is 0 Å². The summed E-state index contributed by atoms with van der Waals surface area (Å²) in [6, 6.07) is 10.5. The molecule has 0 atom stereocenters. The molecule has 0 bridgehead atoms. The summed E-state index contributed by atoms with van der Waals surface area (Å²) in [5.41, 5.74) is 2.92. The number of hydrogen-bond donors (Lipinski definition) is 1. The lowest BCUT2D eigenvalue weighted by Crippen LogP contribution is -2.27. The highest BCUT2D eigenvalue weighted by molar-refractivity contribution is 5.55. The molecule has 1 aromatic rings. The fourth-order valence-corrected chi connectivity index (χ4v) is 2.49. The van der Waals surface area contributed by atoms with E-state index >= 15 is 0 Å². The molecule has 3 rings (SSSR count). The summed E-state index contributed by atoms with van der Waals surface area (Å²) in [6.45, 7) is 4.43. The van der Waals surface area contributed by atoms with Gasteiger partial charge in [0.25, 0.3) is 0 Å². The number of benzene rings is 1. The van der Waals surface area contributed by atoms with Crippen LogP contribution in [0.2, 0.25) is 0 Å². The molecule has 0 amide bonds. The highest BCUT2D eigenvalue weighted by Crippen LogP contribution is 2.33. The van der Waals surface area contributed by atoms with E-state index in [1.165, 1.54) is 36.9 Å². The number of para-hydroxylation sites is 1. The van der Waals surface area contributed by atoms with E-state index < -0.39 is 0 Å². The summed E-state index contributed by atoms with van der Waals surface area (Å²) in [4.78, 5) is 2.57. The zero-order valence-corrected chi connectivity index (χ0v) is 10.7. The van der Waals surface area contributed by atoms with E-state index in [2.05, 4.69) is 41.4 Å². The first kappa shape index (κ1) is 11.1. The van der Waals surface area contributed by atoms with Gasteiger partial charge in [0.15, 0.2) is 0 Å². The molecule has 0 unspecified atom stereocenters. The molecule has 92 valence electrons. The molecule has 0 heterocycles. The standard InChI is InChI=1S/C15H22N2/c1-2-17(14-9-10-14)15-6-4-3-5-12(15)11-16-13-7-8-13/h3-6,13-14,16H,2,7-11H2,1H3. The average Bonchev–Trinajstić information content (AvgIpc) is 3.23. The maximum absolute atomic E-state index is 3.62. The van der Waals surface area contributed by atoms with Gasteiger partial charge in [-0.25, -0.2) is 0 Å². The van der Waals surface area contributed by atoms with Crippen molar-refractivity contribution in [3.8, 4) is 0 Å². The summed E-state index contributed by atoms with van der Waals surface area (Å²) >= 11 is 0. The molecule has 2 saturated carbocycles. The lowest BCUT2D eigenvalue weighted by Gasteiger charge is -2.25. The van der Waals surface area contributed by atoms with Crippen LogP contribution >= 0.6 is 0 Å². The van der Waals surface area contributed by atoms with Crippen molar-refractivity contribution >= 4 is 5.69 Å². The number of rotatable bonds is 6. The van der Waals surface area contributed by atoms with Gasteiger partial charge >= 0.3 is 0 Å². The molecule has 1 aromatic carbocycles. The predicted octanol–water partition coefficient (Wildman–Crippen LogP) is 2.93. The molecule has 1 N–H and O–H groups in total. The summed E-state index contributed by atoms with van der Waals surface area (Å²) in [7, 11) is 0. The second kappa shape index (κ2) is 4.69. The smallest absolute Gasteiger partial charge is 0.0414 e. The first-order valence-corrected chi connectivity index (χ1v) is 6.96. The minimum atomic E-state index is 0.791. The molecule has 2 fully saturated rings. The molecule has 2 aliphatic rings. The van der Waals surface area contributed by atoms with Crippen molar-refractivity contribution in [3.63, 3.8) is 0 Å². The van der Waals surface area contributed by atoms with Crippen molar-refractivity contribution in [2.75, 3.05) is 11.4 Å². The van der Waals surface area contributed by atoms with Crippen LogP contribution in [0.3, 0.4) is 0 Å². The molecule has 17 heavy (non-hydrogen) atoms. The topological polar surface area (TPSA) is 15.3 Å². The van der Waals surface area contributed by atoms with Gasteiger partial charge in [-0.15, -0.1) is 0 Å². The molecule has 0 spiro atoms. The van der Waals surface area contributed by atoms with Gasteiger partial charge in [-0.3, -0.25) is 0 Å². The lowest BCUT2D eigenvalue weighted by atomic mass is 10.1. The Labute approximate surface area is 104 Å². The van der Waals surface area contributed by atoms with Crippen LogP contribution in [-0.2, 0) is 6.54 Å². The SMILES string of the molecule is CCN(c1ccccc1CNC1CC1)C1CC1. The Kier molecular flexibility index (Phi) is 3.06. The average molecular weight is 230 g/mol. The summed E-state index contributed by atoms with van der Waals surface area (Å²) in [5, 5.41) is 3.62. The van der Waals surface area contributed by atoms with Crippen LogP contribution in [0.15, 0.2) is 24.3 Å². The van der Waals surface area contributed by atoms with Gasteiger partial charge in [-0.2, -0.15) is 0 Å². The second-order valence-corrected chi connectivity index (χ2v) is 5.30. The third kappa shape index (κ3) is 2.63. The van der Waals surface area contributed by atoms with Crippen molar-refractivity contribution in [1.29, 1.82) is 0 Å². The first-order valence-electron chi connectivity index (χ1n) is 6.96. The molecule has 2 heteroatoms. The lowest BCUT2D eigenvalue weighted by molar-refractivity contribution is 0.683. The molecule has 0 radical (unpaired) electrons. The van der Waals surface area contributed by atoms with E-state index in [-0.39, 0.29) is 0 Å². The van der Waals surface area contributed by atoms with Crippen LogP contribution in [-0.4, -0.2) is 18.6 Å². The molecule has 0 aliphatic heterocycles. The maximum atomic E-state index is 3.62. The van der Waals surface area contributed by atoms with Gasteiger partial charge in [-0.1, -0.05) is 18.2 Å². The number of nitrogens with zero attached hydrogens (tertiary/aromatic N) is 1. The monoisotopic (exact) mass is 230 g/mol. The first-order chi connectivity index (χ1) is 8.38. The van der Waals surface area contributed by atoms with E-state index in [1.54, 1.807) is 0 Å². The van der Waals surface area contributed by atoms with E-state index in [9.17, 15) is 0 Å². The summed E-state index contributed by atoms with van der Waals surface area (Å²) in [6.07, 6.45) is 5.47. The largest absolute Gasteiger partial charge is 0.369 e. The van der Waals surface area contributed by atoms with Crippen molar-refractivity contribution in [2.24, 2.45) is 0 Å². The van der Waals surface area contributed by atoms with Crippen molar-refractivity contribution in [2.45, 2.75) is 51.2 Å². The van der Waals surface area contributed by atoms with Crippen molar-refractivity contribution in [3.05, 3.63) is 29.8 Å². The fourth-order valence-electron chi connectivity index (χ4n) is 2.49. The second-order valence-electron chi connectivity index (χ2n) is 5.30. The minimum Gasteiger partial charge on any atom is -0.369 e.